The molecule has 7 nitrogen and oxygen atoms in total. The Kier molecular flexibility index (Phi) is 3.28. The van der Waals surface area contributed by atoms with Gasteiger partial charge < -0.3 is 15.6 Å². The van der Waals surface area contributed by atoms with Crippen LogP contribution >= 0.6 is 0 Å². The Morgan fingerprint density at radius 1 is 1.47 bits per heavy atom. The molecule has 0 saturated carbocycles. The van der Waals surface area contributed by atoms with Gasteiger partial charge in [0.25, 0.3) is 0 Å². The number of nitrogens with zero attached hydrogens (tertiary/aromatic N) is 3. The molecule has 98 valence electrons. The number of hydrogen-bond acceptors (Lipinski definition) is 5. The van der Waals surface area contributed by atoms with Gasteiger partial charge in [0.15, 0.2) is 0 Å². The van der Waals surface area contributed by atoms with Gasteiger partial charge >= 0.3 is 5.69 Å². The lowest BCUT2D eigenvalue weighted by atomic mass is 10.1. The van der Waals surface area contributed by atoms with Crippen LogP contribution in [0, 0.1) is 0 Å². The number of aryl methyl sites for hydroxylation is 1. The highest BCUT2D eigenvalue weighted by molar-refractivity contribution is 5.89. The Morgan fingerprint density at radius 3 is 2.79 bits per heavy atom. The Hall–Kier alpha value is -2.70. The maximum atomic E-state index is 11.5. The largest absolute Gasteiger partial charge is 0.398 e. The number of carbonyl (C=O) groups excluding carboxylic acids is 1. The smallest absolute Gasteiger partial charge is 0.347 e. The zero-order valence-corrected chi connectivity index (χ0v) is 10.5. The van der Waals surface area contributed by atoms with Gasteiger partial charge in [0.05, 0.1) is 5.69 Å². The molecule has 0 saturated heterocycles. The molecule has 0 fully saturated rings. The van der Waals surface area contributed by atoms with E-state index in [-0.39, 0.29) is 11.6 Å². The first-order valence-electron chi connectivity index (χ1n) is 5.54. The maximum Gasteiger partial charge on any atom is 0.347 e. The normalized spacial score (nSPS) is 10.2. The van der Waals surface area contributed by atoms with E-state index in [0.717, 1.165) is 0 Å². The van der Waals surface area contributed by atoms with Gasteiger partial charge in [0.1, 0.15) is 5.82 Å². The summed E-state index contributed by atoms with van der Waals surface area (Å²) in [4.78, 5) is 30.3. The number of nitrogens with two attached hydrogens (primary N) is 1. The van der Waals surface area contributed by atoms with E-state index in [9.17, 15) is 9.59 Å². The first kappa shape index (κ1) is 12.7. The van der Waals surface area contributed by atoms with Crippen LogP contribution in [0.5, 0.6) is 0 Å². The standard InChI is InChI=1S/C12H13N5O2/c1-7(18)15-11-5-9(13)8(6-14-11)10-3-4-17(2)12(19)16-10/h3-6H,1-2H3,(H3,13,14,15,18). The molecule has 0 aliphatic rings. The average Bonchev–Trinajstić information content (AvgIpc) is 2.32. The molecule has 2 aromatic rings. The minimum atomic E-state index is -0.372. The molecular weight excluding hydrogens is 246 g/mol. The van der Waals surface area contributed by atoms with E-state index in [1.165, 1.54) is 23.8 Å². The number of nitrogens with one attached hydrogen (secondary N) is 1. The number of rotatable bonds is 2. The van der Waals surface area contributed by atoms with E-state index >= 15 is 0 Å². The molecule has 2 aromatic heterocycles. The summed E-state index contributed by atoms with van der Waals surface area (Å²) >= 11 is 0. The molecule has 2 heterocycles. The van der Waals surface area contributed by atoms with Crippen LogP contribution in [-0.2, 0) is 11.8 Å². The fourth-order valence-corrected chi connectivity index (χ4v) is 1.55. The van der Waals surface area contributed by atoms with Crippen molar-refractivity contribution in [2.45, 2.75) is 6.92 Å². The zero-order chi connectivity index (χ0) is 14.0. The Morgan fingerprint density at radius 2 is 2.21 bits per heavy atom. The van der Waals surface area contributed by atoms with Gasteiger partial charge in [-0.15, -0.1) is 0 Å². The van der Waals surface area contributed by atoms with E-state index in [4.69, 9.17) is 5.73 Å². The fraction of sp³-hybridized carbons (Fsp3) is 0.167. The third-order valence-corrected chi connectivity index (χ3v) is 2.49. The minimum absolute atomic E-state index is 0.230. The highest BCUT2D eigenvalue weighted by Crippen LogP contribution is 2.24. The highest BCUT2D eigenvalue weighted by atomic mass is 16.1. The average molecular weight is 259 g/mol. The number of anilines is 2. The zero-order valence-electron chi connectivity index (χ0n) is 10.5. The highest BCUT2D eigenvalue weighted by Gasteiger charge is 2.08. The molecule has 0 unspecified atom stereocenters. The number of hydrogen-bond donors (Lipinski definition) is 2. The summed E-state index contributed by atoms with van der Waals surface area (Å²) in [5.41, 5.74) is 6.89. The summed E-state index contributed by atoms with van der Waals surface area (Å²) in [6.07, 6.45) is 3.08. The van der Waals surface area contributed by atoms with Crippen molar-refractivity contribution in [1.82, 2.24) is 14.5 Å². The second kappa shape index (κ2) is 4.89. The summed E-state index contributed by atoms with van der Waals surface area (Å²) in [6.45, 7) is 1.38. The van der Waals surface area contributed by atoms with Crippen molar-refractivity contribution in [3.05, 3.63) is 35.0 Å². The predicted octanol–water partition coefficient (Wildman–Crippen LogP) is 0.383. The second-order valence-electron chi connectivity index (χ2n) is 4.04. The minimum Gasteiger partial charge on any atom is -0.398 e. The van der Waals surface area contributed by atoms with Crippen molar-refractivity contribution in [2.75, 3.05) is 11.1 Å². The van der Waals surface area contributed by atoms with Crippen LogP contribution in [0.25, 0.3) is 11.3 Å². The van der Waals surface area contributed by atoms with Gasteiger partial charge in [-0.05, 0) is 6.07 Å². The van der Waals surface area contributed by atoms with Crippen molar-refractivity contribution >= 4 is 17.4 Å². The molecule has 19 heavy (non-hydrogen) atoms. The van der Waals surface area contributed by atoms with Crippen LogP contribution < -0.4 is 16.7 Å². The van der Waals surface area contributed by atoms with Crippen molar-refractivity contribution in [1.29, 1.82) is 0 Å². The lowest BCUT2D eigenvalue weighted by molar-refractivity contribution is -0.114. The van der Waals surface area contributed by atoms with E-state index in [1.807, 2.05) is 0 Å². The predicted molar refractivity (Wildman–Crippen MR) is 71.4 cm³/mol. The van der Waals surface area contributed by atoms with Crippen LogP contribution in [0.4, 0.5) is 11.5 Å². The Bertz CT molecular complexity index is 693. The molecule has 3 N–H and O–H groups in total. The number of carbonyl (C=O) groups is 1. The van der Waals surface area contributed by atoms with Crippen molar-refractivity contribution in [3.63, 3.8) is 0 Å². The van der Waals surface area contributed by atoms with Crippen molar-refractivity contribution in [2.24, 2.45) is 7.05 Å². The summed E-state index contributed by atoms with van der Waals surface area (Å²) < 4.78 is 1.36. The molecule has 0 aromatic carbocycles. The lowest BCUT2D eigenvalue weighted by Crippen LogP contribution is -2.19. The molecule has 0 aliphatic carbocycles. The molecule has 0 spiro atoms. The van der Waals surface area contributed by atoms with Crippen LogP contribution in [0.2, 0.25) is 0 Å². The Labute approximate surface area is 109 Å². The Balaban J connectivity index is 2.43. The number of nitrogen functional groups attached to an aromatic ring is 1. The molecule has 0 bridgehead atoms. The topological polar surface area (TPSA) is 103 Å². The van der Waals surface area contributed by atoms with E-state index in [2.05, 4.69) is 15.3 Å². The van der Waals surface area contributed by atoms with Gasteiger partial charge in [0.2, 0.25) is 5.91 Å². The number of amides is 1. The number of aromatic nitrogens is 3. The summed E-state index contributed by atoms with van der Waals surface area (Å²) in [6, 6.07) is 3.20. The molecule has 0 atom stereocenters. The molecule has 0 aliphatic heterocycles. The van der Waals surface area contributed by atoms with Crippen molar-refractivity contribution in [3.8, 4) is 11.3 Å². The second-order valence-corrected chi connectivity index (χ2v) is 4.04. The third kappa shape index (κ3) is 2.76. The van der Waals surface area contributed by atoms with Gasteiger partial charge in [-0.3, -0.25) is 4.79 Å². The molecule has 0 radical (unpaired) electrons. The van der Waals surface area contributed by atoms with Crippen LogP contribution in [0.1, 0.15) is 6.92 Å². The van der Waals surface area contributed by atoms with Gasteiger partial charge in [-0.2, -0.15) is 4.98 Å². The first-order valence-corrected chi connectivity index (χ1v) is 5.54. The molecular formula is C12H13N5O2. The maximum absolute atomic E-state index is 11.5. The monoisotopic (exact) mass is 259 g/mol. The van der Waals surface area contributed by atoms with Crippen LogP contribution in [-0.4, -0.2) is 20.4 Å². The summed E-state index contributed by atoms with van der Waals surface area (Å²) in [5, 5.41) is 2.53. The summed E-state index contributed by atoms with van der Waals surface area (Å²) in [7, 11) is 1.61. The van der Waals surface area contributed by atoms with E-state index < -0.39 is 0 Å². The van der Waals surface area contributed by atoms with Crippen LogP contribution in [0.3, 0.4) is 0 Å². The lowest BCUT2D eigenvalue weighted by Gasteiger charge is -2.07. The third-order valence-electron chi connectivity index (χ3n) is 2.49. The molecule has 1 amide bonds. The van der Waals surface area contributed by atoms with Crippen LogP contribution in [0.15, 0.2) is 29.3 Å². The number of pyridine rings is 1. The SMILES string of the molecule is CC(=O)Nc1cc(N)c(-c2ccn(C)c(=O)n2)cn1. The summed E-state index contributed by atoms with van der Waals surface area (Å²) in [5.74, 6) is 0.129. The van der Waals surface area contributed by atoms with E-state index in [0.29, 0.717) is 22.8 Å². The van der Waals surface area contributed by atoms with Gasteiger partial charge in [-0.1, -0.05) is 0 Å². The molecule has 7 heteroatoms. The first-order chi connectivity index (χ1) is 8.97. The van der Waals surface area contributed by atoms with Crippen molar-refractivity contribution < 1.29 is 4.79 Å². The van der Waals surface area contributed by atoms with Gasteiger partial charge in [0, 0.05) is 43.7 Å². The quantitative estimate of drug-likeness (QED) is 0.811. The van der Waals surface area contributed by atoms with E-state index in [1.54, 1.807) is 19.3 Å². The fourth-order valence-electron chi connectivity index (χ4n) is 1.55. The molecule has 2 rings (SSSR count). The van der Waals surface area contributed by atoms with Gasteiger partial charge in [-0.25, -0.2) is 9.78 Å².